The summed E-state index contributed by atoms with van der Waals surface area (Å²) in [6.45, 7) is 0.339. The second kappa shape index (κ2) is 7.66. The van der Waals surface area contributed by atoms with E-state index in [4.69, 9.17) is 9.79 Å². The van der Waals surface area contributed by atoms with Crippen molar-refractivity contribution in [3.8, 4) is 11.1 Å². The summed E-state index contributed by atoms with van der Waals surface area (Å²) >= 11 is 0. The van der Waals surface area contributed by atoms with Crippen molar-refractivity contribution < 1.29 is 37.8 Å². The van der Waals surface area contributed by atoms with Crippen LogP contribution in [0.15, 0.2) is 49.1 Å². The molecular weight excluding hydrogens is 354 g/mol. The van der Waals surface area contributed by atoms with Gasteiger partial charge in [0.05, 0.1) is 0 Å². The van der Waals surface area contributed by atoms with Gasteiger partial charge in [-0.1, -0.05) is 7.60 Å². The third-order valence-electron chi connectivity index (χ3n) is 3.40. The lowest BCUT2D eigenvalue weighted by Gasteiger charge is -2.27. The summed E-state index contributed by atoms with van der Waals surface area (Å²) in [4.78, 5) is 39.0. The zero-order valence-electron chi connectivity index (χ0n) is 12.8. The normalized spacial score (nSPS) is 12.3. The Morgan fingerprint density at radius 1 is 0.792 bits per heavy atom. The first kappa shape index (κ1) is 18.9. The number of hydrogen-bond donors (Lipinski definition) is 2. The van der Waals surface area contributed by atoms with Crippen LogP contribution in [0, 0.1) is 0 Å². The first-order valence-corrected chi connectivity index (χ1v) is 10.7. The average Bonchev–Trinajstić information content (AvgIpc) is 2.51. The zero-order valence-corrected chi connectivity index (χ0v) is 14.6. The van der Waals surface area contributed by atoms with Crippen LogP contribution in [-0.4, -0.2) is 22.1 Å². The van der Waals surface area contributed by atoms with E-state index in [1.165, 1.54) is 0 Å². The highest BCUT2D eigenvalue weighted by molar-refractivity contribution is 7.51. The van der Waals surface area contributed by atoms with E-state index in [1.807, 2.05) is 12.1 Å². The molecule has 0 aliphatic carbocycles. The van der Waals surface area contributed by atoms with E-state index < -0.39 is 21.4 Å². The van der Waals surface area contributed by atoms with Crippen molar-refractivity contribution in [1.82, 2.24) is 0 Å². The highest BCUT2D eigenvalue weighted by Gasteiger charge is 2.16. The molecule has 130 valence electrons. The quantitative estimate of drug-likeness (QED) is 0.475. The number of pyridine rings is 2. The third kappa shape index (κ3) is 6.61. The molecule has 2 aromatic heterocycles. The van der Waals surface area contributed by atoms with Gasteiger partial charge in [0.15, 0.2) is 37.9 Å². The third-order valence-corrected chi connectivity index (χ3v) is 4.93. The molecule has 0 atom stereocenters. The lowest BCUT2D eigenvalue weighted by Crippen LogP contribution is -2.36. The molecule has 0 aliphatic heterocycles. The summed E-state index contributed by atoms with van der Waals surface area (Å²) in [5, 5.41) is 0. The summed E-state index contributed by atoms with van der Waals surface area (Å²) in [7, 11) is -8.52. The monoisotopic (exact) mass is 372 g/mol. The fourth-order valence-electron chi connectivity index (χ4n) is 2.08. The predicted octanol–water partition coefficient (Wildman–Crippen LogP) is -0.980. The molecule has 0 fully saturated rings. The van der Waals surface area contributed by atoms with Crippen molar-refractivity contribution in [2.75, 3.05) is 12.3 Å². The Hall–Kier alpha value is -1.40. The van der Waals surface area contributed by atoms with Crippen LogP contribution >= 0.6 is 15.2 Å². The largest absolute Gasteiger partial charge is 0.811 e. The van der Waals surface area contributed by atoms with E-state index in [1.54, 1.807) is 46.1 Å². The second-order valence-corrected chi connectivity index (χ2v) is 8.82. The van der Waals surface area contributed by atoms with Crippen LogP contribution in [-0.2, 0) is 22.2 Å². The summed E-state index contributed by atoms with van der Waals surface area (Å²) in [5.41, 5.74) is 1.81. The summed E-state index contributed by atoms with van der Waals surface area (Å²) < 4.78 is 24.8. The van der Waals surface area contributed by atoms with Crippen LogP contribution < -0.4 is 18.9 Å². The van der Waals surface area contributed by atoms with E-state index >= 15 is 0 Å². The van der Waals surface area contributed by atoms with Crippen molar-refractivity contribution in [3.05, 3.63) is 49.1 Å². The van der Waals surface area contributed by atoms with Gasteiger partial charge in [-0.05, 0) is 11.1 Å². The van der Waals surface area contributed by atoms with Gasteiger partial charge in [-0.25, -0.2) is 9.13 Å². The minimum Gasteiger partial charge on any atom is -0.811 e. The molecule has 0 saturated carbocycles. The van der Waals surface area contributed by atoms with Crippen LogP contribution in [0.5, 0.6) is 0 Å². The first-order chi connectivity index (χ1) is 11.1. The smallest absolute Gasteiger partial charge is 0.331 e. The van der Waals surface area contributed by atoms with Crippen LogP contribution in [0.2, 0.25) is 0 Å². The number of aryl methyl sites for hydroxylation is 2. The summed E-state index contributed by atoms with van der Waals surface area (Å²) in [6, 6.07) is 7.25. The molecule has 24 heavy (non-hydrogen) atoms. The lowest BCUT2D eigenvalue weighted by atomic mass is 10.1. The molecule has 0 saturated heterocycles. The fraction of sp³-hybridized carbons (Fsp3) is 0.286. The van der Waals surface area contributed by atoms with E-state index in [2.05, 4.69) is 0 Å². The molecule has 2 rings (SSSR count). The molecule has 0 radical (unpaired) electrons. The molecule has 0 unspecified atom stereocenters. The van der Waals surface area contributed by atoms with Crippen molar-refractivity contribution in [1.29, 1.82) is 0 Å². The summed E-state index contributed by atoms with van der Waals surface area (Å²) in [5.74, 6) is 0. The van der Waals surface area contributed by atoms with Crippen molar-refractivity contribution in [2.24, 2.45) is 0 Å². The fourth-order valence-corrected chi connectivity index (χ4v) is 3.05. The highest BCUT2D eigenvalue weighted by atomic mass is 31.2. The standard InChI is InChI=1S/C14H18N2O6P2/c17-23(18,19)11-9-15-5-1-13(2-6-15)14-3-7-16(8-4-14)10-12-24(20,21)22/h1-8H,9-12H2,(H2-2,17,18,19,20,21,22). The Labute approximate surface area is 139 Å². The van der Waals surface area contributed by atoms with Crippen molar-refractivity contribution in [3.63, 3.8) is 0 Å². The van der Waals surface area contributed by atoms with Gasteiger partial charge in [0.1, 0.15) is 6.16 Å². The van der Waals surface area contributed by atoms with Crippen LogP contribution in [0.4, 0.5) is 0 Å². The maximum absolute atomic E-state index is 10.9. The Morgan fingerprint density at radius 3 is 1.50 bits per heavy atom. The van der Waals surface area contributed by atoms with Gasteiger partial charge < -0.3 is 24.1 Å². The number of rotatable bonds is 7. The molecule has 0 aliphatic rings. The zero-order chi connectivity index (χ0) is 17.8. The van der Waals surface area contributed by atoms with Gasteiger partial charge in [0, 0.05) is 30.4 Å². The Balaban J connectivity index is 2.01. The Kier molecular flexibility index (Phi) is 6.04. The topological polar surface area (TPSA) is 128 Å². The minimum absolute atomic E-state index is 0.113. The molecule has 2 heterocycles. The Bertz CT molecular complexity index is 699. The maximum atomic E-state index is 10.9. The number of nitrogens with zero attached hydrogens (tertiary/aromatic N) is 2. The molecule has 0 bridgehead atoms. The van der Waals surface area contributed by atoms with Crippen LogP contribution in [0.25, 0.3) is 11.1 Å². The van der Waals surface area contributed by atoms with Crippen LogP contribution in [0.1, 0.15) is 0 Å². The van der Waals surface area contributed by atoms with E-state index in [0.29, 0.717) is 0 Å². The average molecular weight is 372 g/mol. The summed E-state index contributed by atoms with van der Waals surface area (Å²) in [6.07, 6.45) is 6.21. The van der Waals surface area contributed by atoms with Gasteiger partial charge in [0.25, 0.3) is 0 Å². The SMILES string of the molecule is O=P([O-])([O-])CC[n+]1ccc(-c2cc[n+](CCP(=O)(O)O)cc2)cc1. The van der Waals surface area contributed by atoms with Gasteiger partial charge in [-0.15, -0.1) is 0 Å². The molecule has 0 spiro atoms. The van der Waals surface area contributed by atoms with Gasteiger partial charge in [-0.3, -0.25) is 4.57 Å². The Morgan fingerprint density at radius 2 is 1.17 bits per heavy atom. The van der Waals surface area contributed by atoms with E-state index in [9.17, 15) is 18.9 Å². The van der Waals surface area contributed by atoms with Gasteiger partial charge in [-0.2, -0.15) is 0 Å². The predicted molar refractivity (Wildman–Crippen MR) is 81.7 cm³/mol. The minimum atomic E-state index is -4.50. The van der Waals surface area contributed by atoms with Crippen molar-refractivity contribution >= 4 is 15.2 Å². The van der Waals surface area contributed by atoms with E-state index in [-0.39, 0.29) is 19.3 Å². The molecule has 0 aromatic carbocycles. The molecule has 2 N–H and O–H groups in total. The van der Waals surface area contributed by atoms with Gasteiger partial charge >= 0.3 is 7.60 Å². The van der Waals surface area contributed by atoms with Gasteiger partial charge in [0.2, 0.25) is 0 Å². The molecular formula is C14H18N2O6P2. The molecule has 0 amide bonds. The molecule has 2 aromatic rings. The molecule has 8 nitrogen and oxygen atoms in total. The van der Waals surface area contributed by atoms with Crippen molar-refractivity contribution in [2.45, 2.75) is 13.1 Å². The van der Waals surface area contributed by atoms with E-state index in [0.717, 1.165) is 11.1 Å². The molecule has 10 heteroatoms. The maximum Gasteiger partial charge on any atom is 0.331 e. The number of aromatic nitrogens is 2. The second-order valence-electron chi connectivity index (χ2n) is 5.37. The number of hydrogen-bond acceptors (Lipinski definition) is 4. The lowest BCUT2D eigenvalue weighted by molar-refractivity contribution is -0.693. The van der Waals surface area contributed by atoms with Crippen LogP contribution in [0.3, 0.4) is 0 Å². The highest BCUT2D eigenvalue weighted by Crippen LogP contribution is 2.33. The first-order valence-electron chi connectivity index (χ1n) is 7.17.